The lowest BCUT2D eigenvalue weighted by Crippen LogP contribution is -2.45. The monoisotopic (exact) mass is 302 g/mol. The molecule has 0 fully saturated rings. The molecule has 3 nitrogen and oxygen atoms in total. The second kappa shape index (κ2) is 7.13. The number of benzene rings is 1. The van der Waals surface area contributed by atoms with Crippen molar-refractivity contribution in [2.24, 2.45) is 11.7 Å². The smallest absolute Gasteiger partial charge is 0.239 e. The second-order valence-electron chi connectivity index (χ2n) is 4.85. The van der Waals surface area contributed by atoms with Gasteiger partial charge in [0.25, 0.3) is 0 Å². The molecule has 0 aliphatic carbocycles. The number of nitrogens with two attached hydrogens (primary N) is 1. The van der Waals surface area contributed by atoms with Crippen molar-refractivity contribution in [2.75, 3.05) is 7.05 Å². The highest BCUT2D eigenvalue weighted by atomic mass is 35.5. The van der Waals surface area contributed by atoms with Crippen molar-refractivity contribution in [1.82, 2.24) is 4.90 Å². The van der Waals surface area contributed by atoms with Crippen molar-refractivity contribution >= 4 is 29.1 Å². The molecule has 0 radical (unpaired) electrons. The molecule has 0 spiro atoms. The van der Waals surface area contributed by atoms with Gasteiger partial charge in [-0.2, -0.15) is 0 Å². The molecule has 1 amide bonds. The molecule has 0 aromatic heterocycles. The zero-order valence-electron chi connectivity index (χ0n) is 11.5. The third kappa shape index (κ3) is 4.37. The van der Waals surface area contributed by atoms with Crippen molar-refractivity contribution in [3.63, 3.8) is 0 Å². The van der Waals surface area contributed by atoms with E-state index >= 15 is 0 Å². The number of hydrogen-bond acceptors (Lipinski definition) is 2. The van der Waals surface area contributed by atoms with E-state index in [4.69, 9.17) is 28.9 Å². The zero-order chi connectivity index (χ0) is 14.6. The van der Waals surface area contributed by atoms with E-state index in [-0.39, 0.29) is 11.8 Å². The summed E-state index contributed by atoms with van der Waals surface area (Å²) in [5, 5.41) is 1.00. The number of likely N-dealkylation sites (N-methyl/N-ethyl adjacent to an activating group) is 1. The quantitative estimate of drug-likeness (QED) is 0.907. The van der Waals surface area contributed by atoms with Gasteiger partial charge in [-0.3, -0.25) is 4.79 Å². The molecular weight excluding hydrogens is 283 g/mol. The summed E-state index contributed by atoms with van der Waals surface area (Å²) in [6.45, 7) is 4.48. The third-order valence-electron chi connectivity index (χ3n) is 3.32. The highest BCUT2D eigenvalue weighted by Gasteiger charge is 2.22. The van der Waals surface area contributed by atoms with E-state index in [9.17, 15) is 4.79 Å². The summed E-state index contributed by atoms with van der Waals surface area (Å²) in [5.74, 6) is 0.115. The maximum absolute atomic E-state index is 12.1. The topological polar surface area (TPSA) is 46.3 Å². The third-order valence-corrected chi connectivity index (χ3v) is 4.06. The highest BCUT2D eigenvalue weighted by Crippen LogP contribution is 2.23. The summed E-state index contributed by atoms with van der Waals surface area (Å²) < 4.78 is 0. The lowest BCUT2D eigenvalue weighted by atomic mass is 9.99. The largest absolute Gasteiger partial charge is 0.340 e. The van der Waals surface area contributed by atoms with Crippen molar-refractivity contribution < 1.29 is 4.79 Å². The van der Waals surface area contributed by atoms with Gasteiger partial charge in [0.05, 0.1) is 16.1 Å². The first kappa shape index (κ1) is 16.3. The predicted octanol–water partition coefficient (Wildman–Crippen LogP) is 3.33. The van der Waals surface area contributed by atoms with E-state index in [0.29, 0.717) is 16.6 Å². The van der Waals surface area contributed by atoms with Crippen molar-refractivity contribution in [3.8, 4) is 0 Å². The molecule has 106 valence electrons. The Morgan fingerprint density at radius 2 is 2.00 bits per heavy atom. The maximum Gasteiger partial charge on any atom is 0.239 e. The van der Waals surface area contributed by atoms with E-state index in [1.54, 1.807) is 24.1 Å². The Labute approximate surface area is 124 Å². The van der Waals surface area contributed by atoms with E-state index in [0.717, 1.165) is 12.0 Å². The molecule has 19 heavy (non-hydrogen) atoms. The fraction of sp³-hybridized carbons (Fsp3) is 0.500. The molecule has 0 aliphatic rings. The minimum absolute atomic E-state index is 0.0552. The molecule has 0 saturated heterocycles. The number of amides is 1. The number of carbonyl (C=O) groups is 1. The lowest BCUT2D eigenvalue weighted by molar-refractivity contribution is -0.132. The second-order valence-corrected chi connectivity index (χ2v) is 5.67. The Balaban J connectivity index is 2.70. The normalized spacial score (nSPS) is 14.0. The van der Waals surface area contributed by atoms with Crippen molar-refractivity contribution in [1.29, 1.82) is 0 Å². The lowest BCUT2D eigenvalue weighted by Gasteiger charge is -2.24. The van der Waals surface area contributed by atoms with Crippen molar-refractivity contribution in [2.45, 2.75) is 32.9 Å². The molecular formula is C14H20Cl2N2O. The van der Waals surface area contributed by atoms with Gasteiger partial charge >= 0.3 is 0 Å². The Morgan fingerprint density at radius 1 is 1.37 bits per heavy atom. The van der Waals surface area contributed by atoms with Crippen LogP contribution in [-0.4, -0.2) is 23.9 Å². The maximum atomic E-state index is 12.1. The first-order valence-electron chi connectivity index (χ1n) is 6.31. The van der Waals surface area contributed by atoms with Gasteiger partial charge < -0.3 is 10.6 Å². The van der Waals surface area contributed by atoms with Crippen LogP contribution < -0.4 is 5.73 Å². The number of rotatable bonds is 5. The van der Waals surface area contributed by atoms with Gasteiger partial charge in [0.1, 0.15) is 0 Å². The molecule has 1 aromatic carbocycles. The van der Waals surface area contributed by atoms with Crippen LogP contribution in [0.3, 0.4) is 0 Å². The average molecular weight is 303 g/mol. The number of hydrogen-bond donors (Lipinski definition) is 1. The SMILES string of the molecule is CC[C@H](C)[C@H](N)C(=O)N(C)Cc1ccc(Cl)c(Cl)c1. The van der Waals surface area contributed by atoms with Crippen LogP contribution in [0.25, 0.3) is 0 Å². The molecule has 0 heterocycles. The molecule has 0 saturated carbocycles. The number of nitrogens with zero attached hydrogens (tertiary/aromatic N) is 1. The van der Waals surface area contributed by atoms with Gasteiger partial charge in [0.2, 0.25) is 5.91 Å². The van der Waals surface area contributed by atoms with Crippen LogP contribution in [-0.2, 0) is 11.3 Å². The summed E-state index contributed by atoms with van der Waals surface area (Å²) in [7, 11) is 1.74. The first-order valence-corrected chi connectivity index (χ1v) is 7.06. The Kier molecular flexibility index (Phi) is 6.11. The number of halogens is 2. The first-order chi connectivity index (χ1) is 8.86. The summed E-state index contributed by atoms with van der Waals surface area (Å²) in [5.41, 5.74) is 6.87. The molecule has 0 bridgehead atoms. The van der Waals surface area contributed by atoms with E-state index in [2.05, 4.69) is 0 Å². The molecule has 1 rings (SSSR count). The van der Waals surface area contributed by atoms with Crippen LogP contribution in [0.15, 0.2) is 18.2 Å². The standard InChI is InChI=1S/C14H20Cl2N2O/c1-4-9(2)13(17)14(19)18(3)8-10-5-6-11(15)12(16)7-10/h5-7,9,13H,4,8,17H2,1-3H3/t9-,13-/m0/s1. The molecule has 1 aromatic rings. The molecule has 2 N–H and O–H groups in total. The highest BCUT2D eigenvalue weighted by molar-refractivity contribution is 6.42. The summed E-state index contributed by atoms with van der Waals surface area (Å²) in [4.78, 5) is 13.8. The molecule has 0 aliphatic heterocycles. The van der Waals surface area contributed by atoms with Crippen LogP contribution in [0.1, 0.15) is 25.8 Å². The number of carbonyl (C=O) groups excluding carboxylic acids is 1. The van der Waals surface area contributed by atoms with Gasteiger partial charge in [0.15, 0.2) is 0 Å². The van der Waals surface area contributed by atoms with Crippen molar-refractivity contribution in [3.05, 3.63) is 33.8 Å². The minimum atomic E-state index is -0.460. The van der Waals surface area contributed by atoms with Crippen LogP contribution >= 0.6 is 23.2 Å². The van der Waals surface area contributed by atoms with Gasteiger partial charge in [-0.25, -0.2) is 0 Å². The summed E-state index contributed by atoms with van der Waals surface area (Å²) in [6.07, 6.45) is 0.882. The molecule has 5 heteroatoms. The zero-order valence-corrected chi connectivity index (χ0v) is 13.0. The molecule has 0 unspecified atom stereocenters. The Hall–Kier alpha value is -0.770. The van der Waals surface area contributed by atoms with Crippen LogP contribution in [0.5, 0.6) is 0 Å². The molecule has 2 atom stereocenters. The summed E-state index contributed by atoms with van der Waals surface area (Å²) in [6, 6.07) is 4.89. The fourth-order valence-corrected chi connectivity index (χ4v) is 2.06. The van der Waals surface area contributed by atoms with E-state index in [1.807, 2.05) is 19.9 Å². The van der Waals surface area contributed by atoms with Gasteiger partial charge in [0, 0.05) is 13.6 Å². The van der Waals surface area contributed by atoms with Crippen LogP contribution in [0.4, 0.5) is 0 Å². The Bertz CT molecular complexity index is 451. The minimum Gasteiger partial charge on any atom is -0.340 e. The van der Waals surface area contributed by atoms with Crippen LogP contribution in [0, 0.1) is 5.92 Å². The van der Waals surface area contributed by atoms with E-state index < -0.39 is 6.04 Å². The summed E-state index contributed by atoms with van der Waals surface area (Å²) >= 11 is 11.8. The van der Waals surface area contributed by atoms with Crippen LogP contribution in [0.2, 0.25) is 10.0 Å². The van der Waals surface area contributed by atoms with E-state index in [1.165, 1.54) is 0 Å². The predicted molar refractivity (Wildman–Crippen MR) is 80.4 cm³/mol. The van der Waals surface area contributed by atoms with Gasteiger partial charge in [-0.1, -0.05) is 49.5 Å². The van der Waals surface area contributed by atoms with Gasteiger partial charge in [-0.15, -0.1) is 0 Å². The average Bonchev–Trinajstić information content (AvgIpc) is 2.40. The fourth-order valence-electron chi connectivity index (χ4n) is 1.74. The van der Waals surface area contributed by atoms with Gasteiger partial charge in [-0.05, 0) is 23.6 Å². The Morgan fingerprint density at radius 3 is 2.53 bits per heavy atom.